The lowest BCUT2D eigenvalue weighted by Crippen LogP contribution is -2.21. The fourth-order valence-corrected chi connectivity index (χ4v) is 3.65. The second kappa shape index (κ2) is 7.44. The lowest BCUT2D eigenvalue weighted by molar-refractivity contribution is 0.748. The smallest absolute Gasteiger partial charge is 0.261 e. The molecule has 0 radical (unpaired) electrons. The van der Waals surface area contributed by atoms with Crippen LogP contribution in [-0.2, 0) is 6.54 Å². The predicted octanol–water partition coefficient (Wildman–Crippen LogP) is 4.61. The Bertz CT molecular complexity index is 1390. The van der Waals surface area contributed by atoms with Crippen LogP contribution in [0.5, 0.6) is 0 Å². The zero-order chi connectivity index (χ0) is 20.5. The Balaban J connectivity index is 1.63. The molecule has 0 aliphatic heterocycles. The summed E-state index contributed by atoms with van der Waals surface area (Å²) in [6, 6.07) is 25.8. The molecular formula is C25H20N4O. The van der Waals surface area contributed by atoms with Crippen LogP contribution in [0.4, 0.5) is 0 Å². The summed E-state index contributed by atoms with van der Waals surface area (Å²) in [7, 11) is 0. The quantitative estimate of drug-likeness (QED) is 0.449. The summed E-state index contributed by atoms with van der Waals surface area (Å²) in [6.07, 6.45) is 3.61. The molecule has 0 aliphatic carbocycles. The minimum atomic E-state index is -0.0461. The number of hydrogen-bond donors (Lipinski definition) is 0. The zero-order valence-corrected chi connectivity index (χ0v) is 16.6. The first-order chi connectivity index (χ1) is 14.7. The summed E-state index contributed by atoms with van der Waals surface area (Å²) in [5, 5.41) is 5.47. The summed E-state index contributed by atoms with van der Waals surface area (Å²) in [5.74, 6) is 0. The third kappa shape index (κ3) is 3.31. The van der Waals surface area contributed by atoms with Gasteiger partial charge in [0.25, 0.3) is 5.56 Å². The third-order valence-corrected chi connectivity index (χ3v) is 5.18. The van der Waals surface area contributed by atoms with E-state index in [4.69, 9.17) is 5.10 Å². The van der Waals surface area contributed by atoms with Gasteiger partial charge < -0.3 is 0 Å². The molecular weight excluding hydrogens is 372 g/mol. The molecule has 2 heterocycles. The van der Waals surface area contributed by atoms with Gasteiger partial charge in [-0.05, 0) is 31.2 Å². The molecule has 3 aromatic carbocycles. The van der Waals surface area contributed by atoms with Gasteiger partial charge in [0, 0.05) is 17.3 Å². The van der Waals surface area contributed by atoms with Crippen molar-refractivity contribution in [2.45, 2.75) is 13.5 Å². The first-order valence-electron chi connectivity index (χ1n) is 9.84. The highest BCUT2D eigenvalue weighted by atomic mass is 16.1. The SMILES string of the molecule is Cc1ccc2ncn(Cc3cn(-c4ccccc4)nc3-c3ccccc3)c(=O)c2c1. The average Bonchev–Trinajstić information content (AvgIpc) is 3.21. The monoisotopic (exact) mass is 392 g/mol. The highest BCUT2D eigenvalue weighted by Gasteiger charge is 2.14. The normalized spacial score (nSPS) is 11.1. The second-order valence-electron chi connectivity index (χ2n) is 7.35. The molecule has 0 bridgehead atoms. The Labute approximate surface area is 173 Å². The lowest BCUT2D eigenvalue weighted by Gasteiger charge is -2.07. The highest BCUT2D eigenvalue weighted by molar-refractivity contribution is 5.78. The van der Waals surface area contributed by atoms with Crippen LogP contribution in [0.3, 0.4) is 0 Å². The van der Waals surface area contributed by atoms with Crippen LogP contribution in [0.2, 0.25) is 0 Å². The van der Waals surface area contributed by atoms with Crippen LogP contribution in [0.1, 0.15) is 11.1 Å². The van der Waals surface area contributed by atoms with Crippen molar-refractivity contribution < 1.29 is 0 Å². The molecule has 0 fully saturated rings. The van der Waals surface area contributed by atoms with Gasteiger partial charge in [0.1, 0.15) is 0 Å². The molecule has 30 heavy (non-hydrogen) atoms. The first kappa shape index (κ1) is 18.1. The molecule has 0 amide bonds. The number of hydrogen-bond acceptors (Lipinski definition) is 3. The van der Waals surface area contributed by atoms with E-state index in [0.717, 1.165) is 28.1 Å². The summed E-state index contributed by atoms with van der Waals surface area (Å²) in [6.45, 7) is 2.38. The molecule has 5 heteroatoms. The van der Waals surface area contributed by atoms with E-state index in [9.17, 15) is 4.79 Å². The van der Waals surface area contributed by atoms with Gasteiger partial charge in [0.05, 0.1) is 35.2 Å². The van der Waals surface area contributed by atoms with Crippen LogP contribution >= 0.6 is 0 Å². The molecule has 5 aromatic rings. The molecule has 5 nitrogen and oxygen atoms in total. The van der Waals surface area contributed by atoms with Crippen molar-refractivity contribution in [1.82, 2.24) is 19.3 Å². The van der Waals surface area contributed by atoms with Gasteiger partial charge >= 0.3 is 0 Å². The maximum absolute atomic E-state index is 13.1. The van der Waals surface area contributed by atoms with Crippen molar-refractivity contribution in [2.24, 2.45) is 0 Å². The Morgan fingerprint density at radius 2 is 1.63 bits per heavy atom. The van der Waals surface area contributed by atoms with Gasteiger partial charge in [0.2, 0.25) is 0 Å². The van der Waals surface area contributed by atoms with E-state index in [1.165, 1.54) is 0 Å². The van der Waals surface area contributed by atoms with Gasteiger partial charge in [-0.3, -0.25) is 9.36 Å². The number of aromatic nitrogens is 4. The average molecular weight is 392 g/mol. The van der Waals surface area contributed by atoms with Crippen LogP contribution in [0, 0.1) is 6.92 Å². The molecule has 0 unspecified atom stereocenters. The molecule has 0 N–H and O–H groups in total. The Morgan fingerprint density at radius 3 is 2.40 bits per heavy atom. The summed E-state index contributed by atoms with van der Waals surface area (Å²) >= 11 is 0. The number of nitrogens with zero attached hydrogens (tertiary/aromatic N) is 4. The Kier molecular flexibility index (Phi) is 4.48. The van der Waals surface area contributed by atoms with Crippen LogP contribution < -0.4 is 5.56 Å². The summed E-state index contributed by atoms with van der Waals surface area (Å²) < 4.78 is 3.52. The van der Waals surface area contributed by atoms with E-state index in [1.54, 1.807) is 10.9 Å². The minimum absolute atomic E-state index is 0.0461. The Morgan fingerprint density at radius 1 is 0.900 bits per heavy atom. The third-order valence-electron chi connectivity index (χ3n) is 5.18. The van der Waals surface area contributed by atoms with Crippen molar-refractivity contribution in [3.8, 4) is 16.9 Å². The van der Waals surface area contributed by atoms with E-state index >= 15 is 0 Å². The molecule has 146 valence electrons. The van der Waals surface area contributed by atoms with Crippen LogP contribution in [-0.4, -0.2) is 19.3 Å². The van der Waals surface area contributed by atoms with E-state index in [2.05, 4.69) is 4.98 Å². The van der Waals surface area contributed by atoms with E-state index < -0.39 is 0 Å². The standard InChI is InChI=1S/C25H20N4O/c1-18-12-13-23-22(14-18)25(30)28(17-26-23)15-20-16-29(21-10-6-3-7-11-21)27-24(20)19-8-4-2-5-9-19/h2-14,16-17H,15H2,1H3. The van der Waals surface area contributed by atoms with E-state index in [-0.39, 0.29) is 5.56 Å². The highest BCUT2D eigenvalue weighted by Crippen LogP contribution is 2.24. The number of aryl methyl sites for hydroxylation is 1. The maximum Gasteiger partial charge on any atom is 0.261 e. The van der Waals surface area contributed by atoms with Gasteiger partial charge in [0.15, 0.2) is 0 Å². The van der Waals surface area contributed by atoms with Gasteiger partial charge in [-0.2, -0.15) is 5.10 Å². The molecule has 0 aliphatic rings. The molecule has 0 spiro atoms. The van der Waals surface area contributed by atoms with Crippen LogP contribution in [0.25, 0.3) is 27.8 Å². The second-order valence-corrected chi connectivity index (χ2v) is 7.35. The van der Waals surface area contributed by atoms with Gasteiger partial charge in [-0.1, -0.05) is 60.2 Å². The van der Waals surface area contributed by atoms with Crippen molar-refractivity contribution in [2.75, 3.05) is 0 Å². The van der Waals surface area contributed by atoms with Gasteiger partial charge in [-0.15, -0.1) is 0 Å². The van der Waals surface area contributed by atoms with Crippen LogP contribution in [0.15, 0.2) is 96.2 Å². The summed E-state index contributed by atoms with van der Waals surface area (Å²) in [5.41, 5.74) is 5.51. The Hall–Kier alpha value is -3.99. The predicted molar refractivity (Wildman–Crippen MR) is 119 cm³/mol. The molecule has 2 aromatic heterocycles. The fourth-order valence-electron chi connectivity index (χ4n) is 3.65. The van der Waals surface area contributed by atoms with E-state index in [0.29, 0.717) is 17.4 Å². The van der Waals surface area contributed by atoms with Crippen molar-refractivity contribution in [1.29, 1.82) is 0 Å². The fraction of sp³-hybridized carbons (Fsp3) is 0.0800. The number of para-hydroxylation sites is 1. The number of benzene rings is 3. The van der Waals surface area contributed by atoms with Crippen molar-refractivity contribution >= 4 is 10.9 Å². The lowest BCUT2D eigenvalue weighted by atomic mass is 10.1. The number of rotatable bonds is 4. The minimum Gasteiger partial charge on any atom is -0.294 e. The maximum atomic E-state index is 13.1. The van der Waals surface area contributed by atoms with E-state index in [1.807, 2.05) is 96.7 Å². The largest absolute Gasteiger partial charge is 0.294 e. The first-order valence-corrected chi connectivity index (χ1v) is 9.84. The van der Waals surface area contributed by atoms with Gasteiger partial charge in [-0.25, -0.2) is 9.67 Å². The van der Waals surface area contributed by atoms with Crippen molar-refractivity contribution in [3.63, 3.8) is 0 Å². The molecule has 5 rings (SSSR count). The zero-order valence-electron chi connectivity index (χ0n) is 16.6. The molecule has 0 saturated heterocycles. The van der Waals surface area contributed by atoms with Crippen molar-refractivity contribution in [3.05, 3.63) is 113 Å². The number of fused-ring (bicyclic) bond motifs is 1. The summed E-state index contributed by atoms with van der Waals surface area (Å²) in [4.78, 5) is 17.6. The molecule has 0 saturated carbocycles. The topological polar surface area (TPSA) is 52.7 Å². The molecule has 0 atom stereocenters.